The molecule has 0 bridgehead atoms. The molecule has 6 heteroatoms. The molecule has 0 radical (unpaired) electrons. The highest BCUT2D eigenvalue weighted by molar-refractivity contribution is 7.92. The van der Waals surface area contributed by atoms with E-state index in [0.29, 0.717) is 24.0 Å². The first-order valence-corrected chi connectivity index (χ1v) is 14.9. The molecule has 2 unspecified atom stereocenters. The molecule has 1 aliphatic carbocycles. The average Bonchev–Trinajstić information content (AvgIpc) is 3.26. The van der Waals surface area contributed by atoms with Gasteiger partial charge in [-0.05, 0) is 93.6 Å². The highest BCUT2D eigenvalue weighted by Crippen LogP contribution is 2.53. The van der Waals surface area contributed by atoms with Gasteiger partial charge in [-0.2, -0.15) is 0 Å². The van der Waals surface area contributed by atoms with Gasteiger partial charge in [-0.3, -0.25) is 0 Å². The smallest absolute Gasteiger partial charge is 0.187 e. The minimum Gasteiger partial charge on any atom is -0.494 e. The second-order valence-electron chi connectivity index (χ2n) is 10.5. The van der Waals surface area contributed by atoms with Crippen LogP contribution in [0.1, 0.15) is 56.1 Å². The summed E-state index contributed by atoms with van der Waals surface area (Å²) in [5.74, 6) is 1.60. The van der Waals surface area contributed by atoms with Crippen LogP contribution < -0.4 is 4.74 Å². The summed E-state index contributed by atoms with van der Waals surface area (Å²) in [6, 6.07) is 16.0. The molecule has 2 saturated heterocycles. The van der Waals surface area contributed by atoms with Crippen molar-refractivity contribution in [3.05, 3.63) is 71.1 Å². The summed E-state index contributed by atoms with van der Waals surface area (Å²) in [5, 5.41) is -0.212. The Balaban J connectivity index is 1.23. The molecule has 3 aliphatic rings. The second-order valence-corrected chi connectivity index (χ2v) is 12.8. The monoisotopic (exact) mass is 492 g/mol. The molecule has 35 heavy (non-hydrogen) atoms. The first kappa shape index (κ1) is 24.3. The van der Waals surface area contributed by atoms with Crippen molar-refractivity contribution in [3.8, 4) is 5.75 Å². The van der Waals surface area contributed by atoms with Crippen molar-refractivity contribution in [3.63, 3.8) is 0 Å². The molecule has 2 aliphatic heterocycles. The van der Waals surface area contributed by atoms with E-state index in [1.165, 1.54) is 11.1 Å². The summed E-state index contributed by atoms with van der Waals surface area (Å²) in [6.07, 6.45) is 7.92. The SMILES string of the molecule is [C-]#[N+]c1ccc(OCCCN2CCC(C3(C4CCCS4(=O)=O)CCCc4ccccc43)CC2)cc1. The van der Waals surface area contributed by atoms with Crippen molar-refractivity contribution in [2.75, 3.05) is 32.0 Å². The minimum atomic E-state index is -3.05. The molecule has 0 aromatic heterocycles. The van der Waals surface area contributed by atoms with E-state index in [1.54, 1.807) is 12.1 Å². The molecule has 0 N–H and O–H groups in total. The summed E-state index contributed by atoms with van der Waals surface area (Å²) in [4.78, 5) is 5.94. The quantitative estimate of drug-likeness (QED) is 0.375. The number of likely N-dealkylation sites (tertiary alicyclic amines) is 1. The number of ether oxygens (including phenoxy) is 1. The number of rotatable bonds is 7. The zero-order chi connectivity index (χ0) is 24.3. The molecule has 2 fully saturated rings. The molecule has 2 heterocycles. The van der Waals surface area contributed by atoms with Gasteiger partial charge in [0.1, 0.15) is 5.75 Å². The van der Waals surface area contributed by atoms with Crippen LogP contribution in [0.5, 0.6) is 5.75 Å². The molecule has 2 aromatic carbocycles. The molecule has 0 saturated carbocycles. The predicted molar refractivity (Wildman–Crippen MR) is 140 cm³/mol. The van der Waals surface area contributed by atoms with Crippen LogP contribution in [0, 0.1) is 12.5 Å². The van der Waals surface area contributed by atoms with Crippen LogP contribution in [0.25, 0.3) is 4.85 Å². The van der Waals surface area contributed by atoms with Crippen molar-refractivity contribution in [1.29, 1.82) is 0 Å². The zero-order valence-corrected chi connectivity index (χ0v) is 21.3. The maximum absolute atomic E-state index is 13.3. The van der Waals surface area contributed by atoms with Crippen LogP contribution in [-0.4, -0.2) is 50.6 Å². The van der Waals surface area contributed by atoms with Crippen LogP contribution in [0.2, 0.25) is 0 Å². The molecule has 5 nitrogen and oxygen atoms in total. The van der Waals surface area contributed by atoms with E-state index in [9.17, 15) is 8.42 Å². The minimum absolute atomic E-state index is 0.211. The van der Waals surface area contributed by atoms with Gasteiger partial charge in [0.05, 0.1) is 24.2 Å². The lowest BCUT2D eigenvalue weighted by Gasteiger charge is -2.51. The van der Waals surface area contributed by atoms with Crippen LogP contribution >= 0.6 is 0 Å². The normalized spacial score (nSPS) is 26.7. The summed E-state index contributed by atoms with van der Waals surface area (Å²) in [5.41, 5.74) is 3.14. The van der Waals surface area contributed by atoms with Crippen LogP contribution in [0.3, 0.4) is 0 Å². The predicted octanol–water partition coefficient (Wildman–Crippen LogP) is 5.57. The third kappa shape index (κ3) is 4.86. The Morgan fingerprint density at radius 2 is 1.80 bits per heavy atom. The van der Waals surface area contributed by atoms with Gasteiger partial charge < -0.3 is 9.64 Å². The lowest BCUT2D eigenvalue weighted by Crippen LogP contribution is -2.53. The Bertz CT molecular complexity index is 1160. The summed E-state index contributed by atoms with van der Waals surface area (Å²) in [6.45, 7) is 10.8. The first-order valence-electron chi connectivity index (χ1n) is 13.2. The highest BCUT2D eigenvalue weighted by Gasteiger charge is 2.55. The molecule has 5 rings (SSSR count). The number of hydrogen-bond acceptors (Lipinski definition) is 4. The molecular formula is C29H36N2O3S. The van der Waals surface area contributed by atoms with Crippen molar-refractivity contribution >= 4 is 15.5 Å². The Hall–Kier alpha value is -2.36. The number of piperidine rings is 1. The number of aryl methyl sites for hydroxylation is 1. The van der Waals surface area contributed by atoms with Crippen molar-refractivity contribution in [1.82, 2.24) is 4.90 Å². The average molecular weight is 493 g/mol. The maximum atomic E-state index is 13.3. The number of sulfone groups is 1. The highest BCUT2D eigenvalue weighted by atomic mass is 32.2. The largest absolute Gasteiger partial charge is 0.494 e. The van der Waals surface area contributed by atoms with E-state index < -0.39 is 9.84 Å². The van der Waals surface area contributed by atoms with Gasteiger partial charge in [0, 0.05) is 12.0 Å². The van der Waals surface area contributed by atoms with E-state index in [0.717, 1.165) is 76.8 Å². The van der Waals surface area contributed by atoms with Gasteiger partial charge in [-0.1, -0.05) is 36.4 Å². The number of benzene rings is 2. The summed E-state index contributed by atoms with van der Waals surface area (Å²) in [7, 11) is -3.05. The first-order chi connectivity index (χ1) is 17.0. The van der Waals surface area contributed by atoms with E-state index >= 15 is 0 Å². The fourth-order valence-electron chi connectivity index (χ4n) is 7.06. The topological polar surface area (TPSA) is 51.0 Å². The molecule has 186 valence electrons. The third-order valence-electron chi connectivity index (χ3n) is 8.63. The fourth-order valence-corrected chi connectivity index (χ4v) is 9.51. The second kappa shape index (κ2) is 10.3. The Morgan fingerprint density at radius 3 is 2.51 bits per heavy atom. The van der Waals surface area contributed by atoms with Gasteiger partial charge in [-0.15, -0.1) is 0 Å². The van der Waals surface area contributed by atoms with Crippen molar-refractivity contribution < 1.29 is 13.2 Å². The van der Waals surface area contributed by atoms with Crippen molar-refractivity contribution in [2.45, 2.75) is 62.0 Å². The van der Waals surface area contributed by atoms with Gasteiger partial charge in [0.15, 0.2) is 15.5 Å². The molecule has 0 spiro atoms. The van der Waals surface area contributed by atoms with E-state index in [1.807, 2.05) is 12.1 Å². The molecule has 2 aromatic rings. The number of nitrogens with zero attached hydrogens (tertiary/aromatic N) is 2. The van der Waals surface area contributed by atoms with Gasteiger partial charge >= 0.3 is 0 Å². The van der Waals surface area contributed by atoms with Crippen molar-refractivity contribution in [2.24, 2.45) is 5.92 Å². The summed E-state index contributed by atoms with van der Waals surface area (Å²) >= 11 is 0. The van der Waals surface area contributed by atoms with Crippen LogP contribution in [0.4, 0.5) is 5.69 Å². The zero-order valence-electron chi connectivity index (χ0n) is 20.5. The number of fused-ring (bicyclic) bond motifs is 1. The van der Waals surface area contributed by atoms with E-state index in [-0.39, 0.29) is 10.7 Å². The van der Waals surface area contributed by atoms with E-state index in [2.05, 4.69) is 34.0 Å². The number of hydrogen-bond donors (Lipinski definition) is 0. The third-order valence-corrected chi connectivity index (χ3v) is 11.0. The Kier molecular flexibility index (Phi) is 7.18. The molecule has 2 atom stereocenters. The van der Waals surface area contributed by atoms with Crippen LogP contribution in [-0.2, 0) is 21.7 Å². The van der Waals surface area contributed by atoms with Gasteiger partial charge in [0.2, 0.25) is 0 Å². The Labute approximate surface area is 210 Å². The lowest BCUT2D eigenvalue weighted by molar-refractivity contribution is 0.105. The maximum Gasteiger partial charge on any atom is 0.187 e. The van der Waals surface area contributed by atoms with Gasteiger partial charge in [0.25, 0.3) is 0 Å². The van der Waals surface area contributed by atoms with E-state index in [4.69, 9.17) is 11.3 Å². The molecular weight excluding hydrogens is 456 g/mol. The Morgan fingerprint density at radius 1 is 1.03 bits per heavy atom. The fraction of sp³-hybridized carbons (Fsp3) is 0.552. The molecule has 0 amide bonds. The standard InChI is InChI=1S/C29H36N2O3S/c1-30-25-11-13-26(14-12-25)34-21-6-18-31-19-15-24(16-20-31)29(28-10-5-22-35(28,32)33)17-4-8-23-7-2-3-9-27(23)29/h2-3,7,9,11-14,24,28H,4-6,8,10,15-22H2. The van der Waals surface area contributed by atoms with Gasteiger partial charge in [-0.25, -0.2) is 13.3 Å². The summed E-state index contributed by atoms with van der Waals surface area (Å²) < 4.78 is 32.4. The van der Waals surface area contributed by atoms with Crippen LogP contribution in [0.15, 0.2) is 48.5 Å². The lowest BCUT2D eigenvalue weighted by atomic mass is 9.58.